The van der Waals surface area contributed by atoms with Gasteiger partial charge >= 0.3 is 17.1 Å². The zero-order valence-corrected chi connectivity index (χ0v) is 13.7. The van der Waals surface area contributed by atoms with E-state index in [9.17, 15) is 0 Å². The first-order valence-corrected chi connectivity index (χ1v) is 5.40. The van der Waals surface area contributed by atoms with Crippen molar-refractivity contribution in [1.82, 2.24) is 10.2 Å². The molecular weight excluding hydrogens is 310 g/mol. The Balaban J connectivity index is -0.0000000303. The van der Waals surface area contributed by atoms with Crippen LogP contribution in [-0.2, 0) is 17.1 Å². The molecule has 1 radical (unpaired) electrons. The quantitative estimate of drug-likeness (QED) is 0.442. The van der Waals surface area contributed by atoms with E-state index >= 15 is 0 Å². The fourth-order valence-corrected chi connectivity index (χ4v) is 0.954. The van der Waals surface area contributed by atoms with Gasteiger partial charge in [0.25, 0.3) is 0 Å². The van der Waals surface area contributed by atoms with Gasteiger partial charge in [-0.05, 0) is 19.6 Å². The monoisotopic (exact) mass is 330 g/mol. The van der Waals surface area contributed by atoms with Crippen LogP contribution in [0.15, 0.2) is 0 Å². The minimum absolute atomic E-state index is 0. The number of nitrogens with zero attached hydrogens (tertiary/aromatic N) is 6. The summed E-state index contributed by atoms with van der Waals surface area (Å²) in [7, 11) is 0. The van der Waals surface area contributed by atoms with E-state index < -0.39 is 0 Å². The SMILES string of the molecule is CCNCCN(CC)CC.[C-]#N.[C-]#N.[C-]#N.[C-]#N.[C-]#N.[Fe+5]. The molecule has 0 spiro atoms. The van der Waals surface area contributed by atoms with Crippen molar-refractivity contribution in [3.05, 3.63) is 32.9 Å². The fraction of sp³-hybridized carbons (Fsp3) is 0.615. The normalized spacial score (nSPS) is 5.62. The fourth-order valence-electron chi connectivity index (χ4n) is 0.954. The molecule has 0 aliphatic carbocycles. The molecule has 0 aliphatic rings. The molecule has 0 aliphatic heterocycles. The van der Waals surface area contributed by atoms with E-state index in [4.69, 9.17) is 59.2 Å². The van der Waals surface area contributed by atoms with E-state index in [1.165, 1.54) is 19.6 Å². The molecule has 1 N–H and O–H groups in total. The van der Waals surface area contributed by atoms with Gasteiger partial charge in [-0.3, -0.25) is 0 Å². The summed E-state index contributed by atoms with van der Waals surface area (Å²) >= 11 is 0. The van der Waals surface area contributed by atoms with Crippen LogP contribution in [0.3, 0.4) is 0 Å². The summed E-state index contributed by atoms with van der Waals surface area (Å²) in [6.07, 6.45) is 0. The average Bonchev–Trinajstić information content (AvgIpc) is 2.61. The van der Waals surface area contributed by atoms with Gasteiger partial charge in [0.1, 0.15) is 0 Å². The minimum Gasteiger partial charge on any atom is -0.512 e. The van der Waals surface area contributed by atoms with Gasteiger partial charge < -0.3 is 69.4 Å². The maximum Gasteiger partial charge on any atom is 5.00 e. The largest absolute Gasteiger partial charge is 5.00 e. The second-order valence-electron chi connectivity index (χ2n) is 2.38. The minimum atomic E-state index is 0. The Morgan fingerprint density at radius 1 is 0.714 bits per heavy atom. The summed E-state index contributed by atoms with van der Waals surface area (Å²) in [5.41, 5.74) is 0. The molecule has 0 aromatic heterocycles. The topological polar surface area (TPSA) is 134 Å². The summed E-state index contributed by atoms with van der Waals surface area (Å²) in [6, 6.07) is 0. The molecule has 0 fully saturated rings. The Kier molecular flexibility index (Phi) is 219. The first kappa shape index (κ1) is 42.8. The van der Waals surface area contributed by atoms with Gasteiger partial charge in [-0.2, -0.15) is 0 Å². The third-order valence-electron chi connectivity index (χ3n) is 1.75. The van der Waals surface area contributed by atoms with Crippen molar-refractivity contribution >= 4 is 0 Å². The molecule has 21 heavy (non-hydrogen) atoms. The van der Waals surface area contributed by atoms with Crippen LogP contribution in [-0.4, -0.2) is 37.6 Å². The third kappa shape index (κ3) is 95.2. The maximum atomic E-state index is 6.25. The van der Waals surface area contributed by atoms with Crippen LogP contribution in [0.2, 0.25) is 0 Å². The maximum absolute atomic E-state index is 6.25. The Morgan fingerprint density at radius 3 is 1.19 bits per heavy atom. The van der Waals surface area contributed by atoms with Crippen LogP contribution >= 0.6 is 0 Å². The van der Waals surface area contributed by atoms with E-state index in [0.29, 0.717) is 0 Å². The van der Waals surface area contributed by atoms with Crippen molar-refractivity contribution in [2.75, 3.05) is 32.7 Å². The van der Waals surface area contributed by atoms with Gasteiger partial charge in [0.2, 0.25) is 0 Å². The van der Waals surface area contributed by atoms with Crippen molar-refractivity contribution in [2.45, 2.75) is 20.8 Å². The molecule has 0 rings (SSSR count). The van der Waals surface area contributed by atoms with Gasteiger partial charge in [0, 0.05) is 13.1 Å². The van der Waals surface area contributed by atoms with Gasteiger partial charge in [0.15, 0.2) is 0 Å². The molecule has 0 aromatic carbocycles. The van der Waals surface area contributed by atoms with E-state index in [2.05, 4.69) is 31.0 Å². The summed E-state index contributed by atoms with van der Waals surface area (Å²) in [6.45, 7) is 36.0. The van der Waals surface area contributed by atoms with Gasteiger partial charge in [-0.15, -0.1) is 0 Å². The van der Waals surface area contributed by atoms with Crippen molar-refractivity contribution in [1.29, 1.82) is 26.3 Å². The van der Waals surface area contributed by atoms with E-state index in [0.717, 1.165) is 13.1 Å². The Labute approximate surface area is 140 Å². The van der Waals surface area contributed by atoms with Crippen LogP contribution in [0.4, 0.5) is 0 Å². The molecule has 0 unspecified atom stereocenters. The first-order valence-electron chi connectivity index (χ1n) is 5.40. The van der Waals surface area contributed by atoms with Crippen LogP contribution in [0.25, 0.3) is 0 Å². The van der Waals surface area contributed by atoms with E-state index in [1.54, 1.807) is 0 Å². The smallest absolute Gasteiger partial charge is 0.512 e. The molecule has 0 amide bonds. The molecule has 8 heteroatoms. The summed E-state index contributed by atoms with van der Waals surface area (Å²) in [5.74, 6) is 0. The zero-order chi connectivity index (χ0) is 17.8. The summed E-state index contributed by atoms with van der Waals surface area (Å²) in [5, 5.41) is 34.6. The van der Waals surface area contributed by atoms with Gasteiger partial charge in [-0.1, -0.05) is 20.8 Å². The Bertz CT molecular complexity index is 182. The average molecular weight is 330 g/mol. The van der Waals surface area contributed by atoms with Crippen LogP contribution in [0, 0.1) is 59.2 Å². The molecule has 0 heterocycles. The van der Waals surface area contributed by atoms with Crippen LogP contribution < -0.4 is 5.32 Å². The number of rotatable bonds is 6. The molecule has 0 bridgehead atoms. The molecule has 0 saturated carbocycles. The summed E-state index contributed by atoms with van der Waals surface area (Å²) in [4.78, 5) is 2.42. The summed E-state index contributed by atoms with van der Waals surface area (Å²) < 4.78 is 0. The number of hydrogen-bond acceptors (Lipinski definition) is 7. The number of likely N-dealkylation sites (N-methyl/N-ethyl adjacent to an activating group) is 2. The van der Waals surface area contributed by atoms with Crippen LogP contribution in [0.5, 0.6) is 0 Å². The van der Waals surface area contributed by atoms with Gasteiger partial charge in [0.05, 0.1) is 0 Å². The predicted molar refractivity (Wildman–Crippen MR) is 71.2 cm³/mol. The van der Waals surface area contributed by atoms with Crippen molar-refractivity contribution < 1.29 is 17.1 Å². The second-order valence-corrected chi connectivity index (χ2v) is 2.38. The Hall–Kier alpha value is -2.11. The van der Waals surface area contributed by atoms with E-state index in [1.807, 2.05) is 0 Å². The van der Waals surface area contributed by atoms with Crippen molar-refractivity contribution in [3.8, 4) is 0 Å². The van der Waals surface area contributed by atoms with Gasteiger partial charge in [-0.25, -0.2) is 0 Å². The molecule has 7 nitrogen and oxygen atoms in total. The van der Waals surface area contributed by atoms with Crippen molar-refractivity contribution in [2.24, 2.45) is 0 Å². The predicted octanol–water partition coefficient (Wildman–Crippen LogP) is 1.42. The first-order chi connectivity index (χ1) is 9.85. The molecule has 115 valence electrons. The Morgan fingerprint density at radius 2 is 1.00 bits per heavy atom. The number of nitrogens with one attached hydrogen (secondary N) is 1. The standard InChI is InChI=1S/C8H20N2.5CN.Fe/c1-4-9-7-8-10(5-2)6-3;5*1-2;/h9H,4-8H2,1-3H3;;;;;;/q;5*-1;+5. The molecular formula is C13H20FeN7. The molecule has 0 saturated heterocycles. The van der Waals surface area contributed by atoms with Crippen LogP contribution in [0.1, 0.15) is 20.8 Å². The second kappa shape index (κ2) is 108. The zero-order valence-electron chi connectivity index (χ0n) is 12.6. The molecule has 0 atom stereocenters. The van der Waals surface area contributed by atoms with Crippen molar-refractivity contribution in [3.63, 3.8) is 0 Å². The number of hydrogen-bond donors (Lipinski definition) is 1. The van der Waals surface area contributed by atoms with E-state index in [-0.39, 0.29) is 17.1 Å². The third-order valence-corrected chi connectivity index (χ3v) is 1.75. The molecule has 0 aromatic rings.